The van der Waals surface area contributed by atoms with Crippen molar-refractivity contribution in [1.82, 2.24) is 9.55 Å². The molecule has 3 aromatic carbocycles. The van der Waals surface area contributed by atoms with Crippen molar-refractivity contribution in [3.63, 3.8) is 0 Å². The summed E-state index contributed by atoms with van der Waals surface area (Å²) in [5.41, 5.74) is 2.42. The Morgan fingerprint density at radius 2 is 1.48 bits per heavy atom. The predicted octanol–water partition coefficient (Wildman–Crippen LogP) is 5.21. The molecule has 0 unspecified atom stereocenters. The largest absolute Gasteiger partial charge is 0.422 e. The summed E-state index contributed by atoms with van der Waals surface area (Å²) in [5.74, 6) is -0.731. The average Bonchev–Trinajstić information content (AvgIpc) is 3.04. The Labute approximate surface area is 165 Å². The van der Waals surface area contributed by atoms with E-state index in [-0.39, 0.29) is 11.3 Å². The van der Waals surface area contributed by atoms with Gasteiger partial charge in [0.2, 0.25) is 0 Å². The molecule has 4 rings (SSSR count). The Morgan fingerprint density at radius 3 is 2.10 bits per heavy atom. The first-order valence-electron chi connectivity index (χ1n) is 8.88. The summed E-state index contributed by atoms with van der Waals surface area (Å²) in [5, 5.41) is 0. The van der Waals surface area contributed by atoms with E-state index in [1.165, 1.54) is 48.5 Å². The van der Waals surface area contributed by atoms with E-state index in [1.807, 2.05) is 35.9 Å². The normalized spacial score (nSPS) is 11.6. The molecule has 0 radical (unpaired) electrons. The number of ether oxygens (including phenoxy) is 1. The van der Waals surface area contributed by atoms with Gasteiger partial charge in [0.1, 0.15) is 23.2 Å². The topological polar surface area (TPSA) is 44.1 Å². The van der Waals surface area contributed by atoms with E-state index < -0.39 is 17.6 Å². The molecule has 4 nitrogen and oxygen atoms in total. The van der Waals surface area contributed by atoms with Crippen LogP contribution in [-0.2, 0) is 11.8 Å². The predicted molar refractivity (Wildman–Crippen MR) is 107 cm³/mol. The second kappa shape index (κ2) is 7.67. The van der Waals surface area contributed by atoms with Crippen LogP contribution in [0.2, 0.25) is 0 Å². The van der Waals surface area contributed by atoms with Crippen LogP contribution >= 0.6 is 0 Å². The van der Waals surface area contributed by atoms with Crippen LogP contribution in [-0.4, -0.2) is 15.5 Å². The van der Waals surface area contributed by atoms with Crippen LogP contribution in [0.5, 0.6) is 0 Å². The highest BCUT2D eigenvalue weighted by atomic mass is 19.1. The number of halogens is 2. The van der Waals surface area contributed by atoms with Gasteiger partial charge < -0.3 is 9.30 Å². The molecular weight excluding hydrogens is 374 g/mol. The van der Waals surface area contributed by atoms with E-state index in [0.29, 0.717) is 11.4 Å². The minimum absolute atomic E-state index is 0.199. The van der Waals surface area contributed by atoms with Gasteiger partial charge in [-0.3, -0.25) is 0 Å². The maximum atomic E-state index is 13.4. The first-order chi connectivity index (χ1) is 14.0. The summed E-state index contributed by atoms with van der Waals surface area (Å²) < 4.78 is 34.0. The van der Waals surface area contributed by atoms with Crippen molar-refractivity contribution in [3.8, 4) is 0 Å². The average molecular weight is 390 g/mol. The quantitative estimate of drug-likeness (QED) is 0.355. The van der Waals surface area contributed by atoms with Gasteiger partial charge >= 0.3 is 5.97 Å². The van der Waals surface area contributed by atoms with Gasteiger partial charge in [0.25, 0.3) is 0 Å². The lowest BCUT2D eigenvalue weighted by Crippen LogP contribution is -2.05. The number of para-hydroxylation sites is 2. The van der Waals surface area contributed by atoms with Crippen molar-refractivity contribution < 1.29 is 18.3 Å². The third-order valence-electron chi connectivity index (χ3n) is 4.49. The van der Waals surface area contributed by atoms with Crippen molar-refractivity contribution in [2.75, 3.05) is 0 Å². The van der Waals surface area contributed by atoms with Gasteiger partial charge in [0.05, 0.1) is 16.6 Å². The third-order valence-corrected chi connectivity index (χ3v) is 4.49. The Bertz CT molecular complexity index is 1210. The van der Waals surface area contributed by atoms with E-state index in [9.17, 15) is 13.6 Å². The van der Waals surface area contributed by atoms with E-state index in [1.54, 1.807) is 6.08 Å². The number of benzene rings is 3. The Kier molecular flexibility index (Phi) is 4.91. The molecule has 0 aliphatic heterocycles. The van der Waals surface area contributed by atoms with Gasteiger partial charge in [-0.05, 0) is 60.7 Å². The molecule has 0 aliphatic rings. The van der Waals surface area contributed by atoms with Crippen LogP contribution in [0, 0.1) is 11.6 Å². The molecule has 0 spiro atoms. The zero-order valence-corrected chi connectivity index (χ0v) is 15.5. The second-order valence-corrected chi connectivity index (χ2v) is 6.43. The number of aryl methyl sites for hydroxylation is 1. The van der Waals surface area contributed by atoms with Crippen LogP contribution in [0.4, 0.5) is 8.78 Å². The fourth-order valence-corrected chi connectivity index (χ4v) is 2.94. The number of esters is 1. The van der Waals surface area contributed by atoms with Crippen LogP contribution in [0.15, 0.2) is 72.8 Å². The molecule has 0 saturated carbocycles. The second-order valence-electron chi connectivity index (χ2n) is 6.43. The molecule has 0 aliphatic carbocycles. The van der Waals surface area contributed by atoms with Gasteiger partial charge in [0, 0.05) is 18.7 Å². The molecule has 0 atom stereocenters. The lowest BCUT2D eigenvalue weighted by atomic mass is 10.1. The fourth-order valence-electron chi connectivity index (χ4n) is 2.94. The molecule has 144 valence electrons. The van der Waals surface area contributed by atoms with Crippen molar-refractivity contribution in [2.45, 2.75) is 0 Å². The molecule has 4 aromatic rings. The summed E-state index contributed by atoms with van der Waals surface area (Å²) in [6, 6.07) is 18.3. The Balaban J connectivity index is 1.76. The van der Waals surface area contributed by atoms with Gasteiger partial charge in [-0.25, -0.2) is 18.6 Å². The molecule has 0 bridgehead atoms. The van der Waals surface area contributed by atoms with Crippen molar-refractivity contribution >= 4 is 28.8 Å². The number of rotatable bonds is 4. The number of fused-ring (bicyclic) bond motifs is 1. The SMILES string of the molecule is Cn1c(/C=C(/OC(=O)c2ccc(F)cc2)c2ccc(F)cc2)nc2ccccc21. The minimum atomic E-state index is -0.653. The monoisotopic (exact) mass is 390 g/mol. The minimum Gasteiger partial charge on any atom is -0.422 e. The molecule has 1 aromatic heterocycles. The lowest BCUT2D eigenvalue weighted by Gasteiger charge is -2.10. The van der Waals surface area contributed by atoms with Gasteiger partial charge in [-0.15, -0.1) is 0 Å². The highest BCUT2D eigenvalue weighted by Crippen LogP contribution is 2.23. The number of carbonyl (C=O) groups is 1. The zero-order valence-electron chi connectivity index (χ0n) is 15.5. The zero-order chi connectivity index (χ0) is 20.4. The molecule has 6 heteroatoms. The summed E-state index contributed by atoms with van der Waals surface area (Å²) >= 11 is 0. The van der Waals surface area contributed by atoms with Gasteiger partial charge in [-0.2, -0.15) is 0 Å². The van der Waals surface area contributed by atoms with Crippen LogP contribution in [0.3, 0.4) is 0 Å². The summed E-state index contributed by atoms with van der Waals surface area (Å²) in [4.78, 5) is 17.1. The first-order valence-corrected chi connectivity index (χ1v) is 8.88. The van der Waals surface area contributed by atoms with Gasteiger partial charge in [-0.1, -0.05) is 12.1 Å². The first kappa shape index (κ1) is 18.6. The molecular formula is C23H16F2N2O2. The lowest BCUT2D eigenvalue weighted by molar-refractivity contribution is 0.0693. The summed E-state index contributed by atoms with van der Waals surface area (Å²) in [7, 11) is 1.85. The molecule has 29 heavy (non-hydrogen) atoms. The van der Waals surface area contributed by atoms with E-state index >= 15 is 0 Å². The summed E-state index contributed by atoms with van der Waals surface area (Å²) in [6.45, 7) is 0. The van der Waals surface area contributed by atoms with E-state index in [0.717, 1.165) is 11.0 Å². The highest BCUT2D eigenvalue weighted by Gasteiger charge is 2.15. The van der Waals surface area contributed by atoms with Crippen LogP contribution in [0.1, 0.15) is 21.7 Å². The number of carbonyl (C=O) groups excluding carboxylic acids is 1. The van der Waals surface area contributed by atoms with E-state index in [4.69, 9.17) is 4.74 Å². The standard InChI is InChI=1S/C23H16F2N2O2/c1-27-20-5-3-2-4-19(20)26-22(27)14-21(15-6-10-17(24)11-7-15)29-23(28)16-8-12-18(25)13-9-16/h2-14H,1H3/b21-14+. The van der Waals surface area contributed by atoms with Crippen molar-refractivity contribution in [3.05, 3.63) is 101 Å². The molecule has 0 amide bonds. The molecule has 0 saturated heterocycles. The maximum absolute atomic E-state index is 13.4. The fraction of sp³-hybridized carbons (Fsp3) is 0.0435. The van der Waals surface area contributed by atoms with E-state index in [2.05, 4.69) is 4.98 Å². The third kappa shape index (κ3) is 3.91. The van der Waals surface area contributed by atoms with Crippen molar-refractivity contribution in [2.24, 2.45) is 7.05 Å². The number of nitrogens with zero attached hydrogens (tertiary/aromatic N) is 2. The number of hydrogen-bond acceptors (Lipinski definition) is 3. The maximum Gasteiger partial charge on any atom is 0.343 e. The van der Waals surface area contributed by atoms with Crippen LogP contribution in [0.25, 0.3) is 22.9 Å². The number of imidazole rings is 1. The number of aromatic nitrogens is 2. The Morgan fingerprint density at radius 1 is 0.897 bits per heavy atom. The molecule has 0 fully saturated rings. The smallest absolute Gasteiger partial charge is 0.343 e. The van der Waals surface area contributed by atoms with Gasteiger partial charge in [0.15, 0.2) is 0 Å². The van der Waals surface area contributed by atoms with Crippen molar-refractivity contribution in [1.29, 1.82) is 0 Å². The molecule has 1 heterocycles. The van der Waals surface area contributed by atoms with Crippen LogP contribution < -0.4 is 0 Å². The number of hydrogen-bond donors (Lipinski definition) is 0. The molecule has 0 N–H and O–H groups in total. The summed E-state index contributed by atoms with van der Waals surface area (Å²) in [6.07, 6.45) is 1.62. The highest BCUT2D eigenvalue weighted by molar-refractivity contribution is 5.95. The Hall–Kier alpha value is -3.80.